The molecule has 3 rings (SSSR count). The lowest BCUT2D eigenvalue weighted by molar-refractivity contribution is -0.120. The van der Waals surface area contributed by atoms with Gasteiger partial charge < -0.3 is 0 Å². The lowest BCUT2D eigenvalue weighted by Gasteiger charge is -2.08. The van der Waals surface area contributed by atoms with Gasteiger partial charge in [-0.2, -0.15) is 5.10 Å². The second kappa shape index (κ2) is 7.59. The van der Waals surface area contributed by atoms with E-state index in [2.05, 4.69) is 42.4 Å². The molecule has 0 unspecified atom stereocenters. The molecular weight excluding hydrogens is 452 g/mol. The molecule has 3 nitrogen and oxygen atoms in total. The van der Waals surface area contributed by atoms with E-state index in [0.29, 0.717) is 6.42 Å². The Kier molecular flexibility index (Phi) is 5.48. The summed E-state index contributed by atoms with van der Waals surface area (Å²) >= 11 is 8.56. The molecule has 1 aromatic heterocycles. The zero-order valence-corrected chi connectivity index (χ0v) is 16.8. The first-order chi connectivity index (χ1) is 11.5. The number of carbonyl (C=O) groups excluding carboxylic acids is 1. The topological polar surface area (TPSA) is 41.5 Å². The first-order valence-electron chi connectivity index (χ1n) is 7.29. The maximum absolute atomic E-state index is 12.2. The average molecular weight is 466 g/mol. The number of benzene rings is 2. The van der Waals surface area contributed by atoms with Crippen LogP contribution < -0.4 is 5.43 Å². The van der Waals surface area contributed by atoms with Crippen LogP contribution in [-0.4, -0.2) is 11.6 Å². The van der Waals surface area contributed by atoms with Crippen molar-refractivity contribution in [1.29, 1.82) is 0 Å². The predicted octanol–water partition coefficient (Wildman–Crippen LogP) is 5.51. The molecule has 0 aliphatic rings. The van der Waals surface area contributed by atoms with Crippen LogP contribution in [0.5, 0.6) is 0 Å². The Balaban J connectivity index is 1.75. The lowest BCUT2D eigenvalue weighted by atomic mass is 10.0. The molecule has 24 heavy (non-hydrogen) atoms. The van der Waals surface area contributed by atoms with E-state index in [9.17, 15) is 4.79 Å². The molecule has 1 amide bonds. The SMILES string of the molecule is C/C(=N/NC(=O)Cc1ccc(Br)c2ccccc12)c1ccc(Br)s1. The Morgan fingerprint density at radius 2 is 1.83 bits per heavy atom. The number of hydrogen-bond acceptors (Lipinski definition) is 3. The van der Waals surface area contributed by atoms with E-state index in [4.69, 9.17) is 0 Å². The van der Waals surface area contributed by atoms with Crippen molar-refractivity contribution < 1.29 is 4.79 Å². The quantitative estimate of drug-likeness (QED) is 0.400. The number of fused-ring (bicyclic) bond motifs is 1. The zero-order chi connectivity index (χ0) is 17.1. The molecule has 0 aliphatic carbocycles. The molecule has 1 N–H and O–H groups in total. The molecule has 0 saturated heterocycles. The third-order valence-electron chi connectivity index (χ3n) is 3.59. The smallest absolute Gasteiger partial charge is 0.244 e. The van der Waals surface area contributed by atoms with E-state index >= 15 is 0 Å². The molecule has 0 radical (unpaired) electrons. The minimum absolute atomic E-state index is 0.127. The molecule has 6 heteroatoms. The van der Waals surface area contributed by atoms with Gasteiger partial charge in [0.05, 0.1) is 20.8 Å². The van der Waals surface area contributed by atoms with Crippen LogP contribution >= 0.6 is 43.2 Å². The molecule has 0 saturated carbocycles. The summed E-state index contributed by atoms with van der Waals surface area (Å²) in [7, 11) is 0. The third kappa shape index (κ3) is 3.94. The number of carbonyl (C=O) groups is 1. The van der Waals surface area contributed by atoms with Gasteiger partial charge >= 0.3 is 0 Å². The van der Waals surface area contributed by atoms with Crippen LogP contribution in [-0.2, 0) is 11.2 Å². The van der Waals surface area contributed by atoms with Crippen molar-refractivity contribution in [2.45, 2.75) is 13.3 Å². The van der Waals surface area contributed by atoms with Crippen LogP contribution in [0.4, 0.5) is 0 Å². The minimum Gasteiger partial charge on any atom is -0.273 e. The van der Waals surface area contributed by atoms with Gasteiger partial charge in [0.2, 0.25) is 5.91 Å². The van der Waals surface area contributed by atoms with Gasteiger partial charge in [-0.3, -0.25) is 4.79 Å². The monoisotopic (exact) mass is 464 g/mol. The van der Waals surface area contributed by atoms with Crippen LogP contribution in [0, 0.1) is 0 Å². The lowest BCUT2D eigenvalue weighted by Crippen LogP contribution is -2.21. The highest BCUT2D eigenvalue weighted by atomic mass is 79.9. The van der Waals surface area contributed by atoms with E-state index in [1.54, 1.807) is 11.3 Å². The van der Waals surface area contributed by atoms with Crippen LogP contribution in [0.2, 0.25) is 0 Å². The Bertz CT molecular complexity index is 934. The summed E-state index contributed by atoms with van der Waals surface area (Å²) < 4.78 is 2.07. The van der Waals surface area contributed by atoms with Crippen LogP contribution in [0.15, 0.2) is 61.9 Å². The van der Waals surface area contributed by atoms with Crippen molar-refractivity contribution >= 4 is 65.6 Å². The third-order valence-corrected chi connectivity index (χ3v) is 6.01. The number of hydrazone groups is 1. The highest BCUT2D eigenvalue weighted by Crippen LogP contribution is 2.27. The average Bonchev–Trinajstić information content (AvgIpc) is 3.02. The van der Waals surface area contributed by atoms with Gasteiger partial charge in [-0.05, 0) is 57.4 Å². The molecular formula is C18H14Br2N2OS. The Hall–Kier alpha value is -1.50. The van der Waals surface area contributed by atoms with Gasteiger partial charge in [0.1, 0.15) is 0 Å². The van der Waals surface area contributed by atoms with Crippen molar-refractivity contribution in [1.82, 2.24) is 5.43 Å². The summed E-state index contributed by atoms with van der Waals surface area (Å²) in [5.74, 6) is -0.127. The second-order valence-electron chi connectivity index (χ2n) is 5.26. The maximum atomic E-state index is 12.2. The molecule has 0 bridgehead atoms. The van der Waals surface area contributed by atoms with Gasteiger partial charge in [-0.25, -0.2) is 5.43 Å². The first kappa shape index (κ1) is 17.3. The zero-order valence-electron chi connectivity index (χ0n) is 12.8. The van der Waals surface area contributed by atoms with E-state index < -0.39 is 0 Å². The van der Waals surface area contributed by atoms with Crippen molar-refractivity contribution in [3.63, 3.8) is 0 Å². The van der Waals surface area contributed by atoms with Crippen LogP contribution in [0.25, 0.3) is 10.8 Å². The number of nitrogens with zero attached hydrogens (tertiary/aromatic N) is 1. The molecule has 0 atom stereocenters. The van der Waals surface area contributed by atoms with E-state index in [0.717, 1.165) is 35.2 Å². The molecule has 122 valence electrons. The van der Waals surface area contributed by atoms with Crippen LogP contribution in [0.1, 0.15) is 17.4 Å². The Morgan fingerprint density at radius 3 is 2.54 bits per heavy atom. The molecule has 1 heterocycles. The fourth-order valence-electron chi connectivity index (χ4n) is 2.40. The summed E-state index contributed by atoms with van der Waals surface area (Å²) in [6.07, 6.45) is 0.290. The molecule has 0 spiro atoms. The van der Waals surface area contributed by atoms with E-state index in [1.165, 1.54) is 0 Å². The van der Waals surface area contributed by atoms with Gasteiger partial charge in [0.15, 0.2) is 0 Å². The number of thiophene rings is 1. The predicted molar refractivity (Wildman–Crippen MR) is 108 cm³/mol. The fourth-order valence-corrected chi connectivity index (χ4v) is 4.21. The Morgan fingerprint density at radius 1 is 1.08 bits per heavy atom. The number of hydrogen-bond donors (Lipinski definition) is 1. The number of rotatable bonds is 4. The maximum Gasteiger partial charge on any atom is 0.244 e. The van der Waals surface area contributed by atoms with E-state index in [1.807, 2.05) is 55.5 Å². The van der Waals surface area contributed by atoms with Crippen LogP contribution in [0.3, 0.4) is 0 Å². The highest BCUT2D eigenvalue weighted by molar-refractivity contribution is 9.11. The minimum atomic E-state index is -0.127. The molecule has 0 fully saturated rings. The van der Waals surface area contributed by atoms with Crippen molar-refractivity contribution in [2.24, 2.45) is 5.10 Å². The number of amides is 1. The van der Waals surface area contributed by atoms with Gasteiger partial charge in [0, 0.05) is 4.47 Å². The normalized spacial score (nSPS) is 11.7. The summed E-state index contributed by atoms with van der Waals surface area (Å²) in [6.45, 7) is 1.88. The van der Waals surface area contributed by atoms with Crippen molar-refractivity contribution in [2.75, 3.05) is 0 Å². The number of nitrogens with one attached hydrogen (secondary N) is 1. The second-order valence-corrected chi connectivity index (χ2v) is 8.58. The molecule has 0 aliphatic heterocycles. The van der Waals surface area contributed by atoms with Gasteiger partial charge in [0.25, 0.3) is 0 Å². The first-order valence-corrected chi connectivity index (χ1v) is 9.70. The van der Waals surface area contributed by atoms with Gasteiger partial charge in [-0.15, -0.1) is 11.3 Å². The Labute approximate surface area is 161 Å². The fraction of sp³-hybridized carbons (Fsp3) is 0.111. The molecule has 3 aromatic rings. The summed E-state index contributed by atoms with van der Waals surface area (Å²) in [6, 6.07) is 15.9. The summed E-state index contributed by atoms with van der Waals surface area (Å²) in [5.41, 5.74) is 4.42. The van der Waals surface area contributed by atoms with Gasteiger partial charge in [-0.1, -0.05) is 46.3 Å². The van der Waals surface area contributed by atoms with Crippen molar-refractivity contribution in [3.8, 4) is 0 Å². The van der Waals surface area contributed by atoms with E-state index in [-0.39, 0.29) is 5.91 Å². The standard InChI is InChI=1S/C18H14Br2N2OS/c1-11(16-8-9-17(20)24-16)21-22-18(23)10-12-6-7-15(19)14-5-3-2-4-13(12)14/h2-9H,10H2,1H3,(H,22,23)/b21-11-. The summed E-state index contributed by atoms with van der Waals surface area (Å²) in [4.78, 5) is 13.3. The van der Waals surface area contributed by atoms with Crippen molar-refractivity contribution in [3.05, 3.63) is 67.2 Å². The molecule has 2 aromatic carbocycles. The highest BCUT2D eigenvalue weighted by Gasteiger charge is 2.09. The number of halogens is 2. The summed E-state index contributed by atoms with van der Waals surface area (Å²) in [5, 5.41) is 6.38. The largest absolute Gasteiger partial charge is 0.273 e.